The van der Waals surface area contributed by atoms with Gasteiger partial charge in [0.25, 0.3) is 0 Å². The number of pyridine rings is 1. The molecule has 3 rings (SSSR count). The average Bonchev–Trinajstić information content (AvgIpc) is 2.48. The van der Waals surface area contributed by atoms with Gasteiger partial charge in [-0.2, -0.15) is 0 Å². The molecule has 0 saturated carbocycles. The fraction of sp³-hybridized carbons (Fsp3) is 0.438. The molecule has 0 aliphatic carbocycles. The van der Waals surface area contributed by atoms with Gasteiger partial charge in [0.2, 0.25) is 0 Å². The number of nitrogens with zero attached hydrogens (tertiary/aromatic N) is 2. The topological polar surface area (TPSA) is 28.2 Å². The minimum Gasteiger partial charge on any atom is -0.356 e. The first-order chi connectivity index (χ1) is 9.79. The zero-order valence-corrected chi connectivity index (χ0v) is 13.4. The van der Waals surface area contributed by atoms with Crippen molar-refractivity contribution >= 4 is 32.5 Å². The third-order valence-electron chi connectivity index (χ3n) is 4.02. The van der Waals surface area contributed by atoms with E-state index in [1.54, 1.807) is 0 Å². The molecule has 20 heavy (non-hydrogen) atoms. The van der Waals surface area contributed by atoms with Crippen molar-refractivity contribution in [1.82, 2.24) is 10.3 Å². The largest absolute Gasteiger partial charge is 0.356 e. The Kier molecular flexibility index (Phi) is 4.22. The van der Waals surface area contributed by atoms with Gasteiger partial charge in [-0.1, -0.05) is 35.0 Å². The number of hydrogen-bond acceptors (Lipinski definition) is 3. The quantitative estimate of drug-likeness (QED) is 0.930. The Morgan fingerprint density at radius 1 is 1.25 bits per heavy atom. The Morgan fingerprint density at radius 2 is 2.05 bits per heavy atom. The fourth-order valence-electron chi connectivity index (χ4n) is 2.99. The van der Waals surface area contributed by atoms with Gasteiger partial charge in [0.1, 0.15) is 5.82 Å². The minimum atomic E-state index is 0.665. The van der Waals surface area contributed by atoms with E-state index in [9.17, 15) is 0 Å². The number of halogens is 1. The van der Waals surface area contributed by atoms with Gasteiger partial charge in [-0.15, -0.1) is 0 Å². The van der Waals surface area contributed by atoms with Crippen LogP contribution in [0.2, 0.25) is 0 Å². The first-order valence-corrected chi connectivity index (χ1v) is 8.10. The molecule has 1 aromatic heterocycles. The van der Waals surface area contributed by atoms with Crippen molar-refractivity contribution in [3.8, 4) is 0 Å². The van der Waals surface area contributed by atoms with Crippen molar-refractivity contribution < 1.29 is 0 Å². The van der Waals surface area contributed by atoms with Crippen LogP contribution in [0.1, 0.15) is 19.8 Å². The summed E-state index contributed by atoms with van der Waals surface area (Å²) in [7, 11) is 0. The van der Waals surface area contributed by atoms with Crippen LogP contribution in [-0.2, 0) is 0 Å². The predicted octanol–water partition coefficient (Wildman–Crippen LogP) is 3.58. The van der Waals surface area contributed by atoms with Crippen LogP contribution in [0.4, 0.5) is 5.82 Å². The van der Waals surface area contributed by atoms with E-state index in [1.807, 2.05) is 6.20 Å². The molecule has 3 nitrogen and oxygen atoms in total. The molecule has 0 bridgehead atoms. The van der Waals surface area contributed by atoms with E-state index in [2.05, 4.69) is 62.3 Å². The molecule has 0 amide bonds. The van der Waals surface area contributed by atoms with Crippen molar-refractivity contribution in [2.45, 2.75) is 25.8 Å². The molecular formula is C16H20BrN3. The predicted molar refractivity (Wildman–Crippen MR) is 88.4 cm³/mol. The third kappa shape index (κ3) is 2.67. The molecule has 4 heteroatoms. The first-order valence-electron chi connectivity index (χ1n) is 7.31. The highest BCUT2D eigenvalue weighted by Gasteiger charge is 2.20. The van der Waals surface area contributed by atoms with Crippen molar-refractivity contribution in [1.29, 1.82) is 0 Å². The number of benzene rings is 1. The molecule has 1 aliphatic heterocycles. The summed E-state index contributed by atoms with van der Waals surface area (Å²) in [5.41, 5.74) is 0. The van der Waals surface area contributed by atoms with Crippen LogP contribution in [0.15, 0.2) is 34.9 Å². The number of fused-ring (bicyclic) bond motifs is 1. The van der Waals surface area contributed by atoms with Crippen LogP contribution in [0.25, 0.3) is 10.8 Å². The van der Waals surface area contributed by atoms with E-state index in [4.69, 9.17) is 0 Å². The van der Waals surface area contributed by atoms with E-state index in [-0.39, 0.29) is 0 Å². The highest BCUT2D eigenvalue weighted by atomic mass is 79.9. The van der Waals surface area contributed by atoms with Crippen molar-refractivity contribution in [3.05, 3.63) is 34.9 Å². The Balaban J connectivity index is 1.86. The van der Waals surface area contributed by atoms with Crippen LogP contribution in [0.5, 0.6) is 0 Å². The van der Waals surface area contributed by atoms with Gasteiger partial charge in [0.05, 0.1) is 0 Å². The smallest absolute Gasteiger partial charge is 0.136 e. The summed E-state index contributed by atoms with van der Waals surface area (Å²) in [6.07, 6.45) is 4.30. The lowest BCUT2D eigenvalue weighted by Crippen LogP contribution is -2.42. The van der Waals surface area contributed by atoms with E-state index in [0.717, 1.165) is 29.9 Å². The zero-order valence-electron chi connectivity index (χ0n) is 11.8. The van der Waals surface area contributed by atoms with Gasteiger partial charge in [0, 0.05) is 40.6 Å². The van der Waals surface area contributed by atoms with Crippen LogP contribution >= 0.6 is 15.9 Å². The van der Waals surface area contributed by atoms with Gasteiger partial charge in [-0.25, -0.2) is 4.98 Å². The fourth-order valence-corrected chi connectivity index (χ4v) is 3.49. The Labute approximate surface area is 128 Å². The van der Waals surface area contributed by atoms with E-state index < -0.39 is 0 Å². The SMILES string of the molecule is CCNC1CCN(c2nccc3c(Br)cccc23)CC1. The second-order valence-electron chi connectivity index (χ2n) is 5.29. The molecule has 0 spiro atoms. The maximum atomic E-state index is 4.63. The summed E-state index contributed by atoms with van der Waals surface area (Å²) in [4.78, 5) is 7.05. The van der Waals surface area contributed by atoms with Crippen LogP contribution < -0.4 is 10.2 Å². The Morgan fingerprint density at radius 3 is 2.80 bits per heavy atom. The van der Waals surface area contributed by atoms with Crippen LogP contribution in [0.3, 0.4) is 0 Å². The van der Waals surface area contributed by atoms with Gasteiger partial charge < -0.3 is 10.2 Å². The van der Waals surface area contributed by atoms with Crippen LogP contribution in [-0.4, -0.2) is 30.7 Å². The maximum absolute atomic E-state index is 4.63. The summed E-state index contributed by atoms with van der Waals surface area (Å²) < 4.78 is 1.14. The van der Waals surface area contributed by atoms with Gasteiger partial charge in [-0.3, -0.25) is 0 Å². The normalized spacial score (nSPS) is 16.8. The van der Waals surface area contributed by atoms with Gasteiger partial charge in [0.15, 0.2) is 0 Å². The van der Waals surface area contributed by atoms with Crippen molar-refractivity contribution in [2.75, 3.05) is 24.5 Å². The van der Waals surface area contributed by atoms with Gasteiger partial charge >= 0.3 is 0 Å². The molecule has 2 aromatic rings. The second kappa shape index (κ2) is 6.10. The number of anilines is 1. The molecule has 1 aromatic carbocycles. The lowest BCUT2D eigenvalue weighted by atomic mass is 10.0. The summed E-state index contributed by atoms with van der Waals surface area (Å²) >= 11 is 3.63. The second-order valence-corrected chi connectivity index (χ2v) is 6.14. The third-order valence-corrected chi connectivity index (χ3v) is 4.71. The molecule has 1 aliphatic rings. The first kappa shape index (κ1) is 13.8. The monoisotopic (exact) mass is 333 g/mol. The Bertz CT molecular complexity index is 591. The highest BCUT2D eigenvalue weighted by molar-refractivity contribution is 9.10. The number of aromatic nitrogens is 1. The van der Waals surface area contributed by atoms with Crippen molar-refractivity contribution in [3.63, 3.8) is 0 Å². The molecule has 106 valence electrons. The summed E-state index contributed by atoms with van der Waals surface area (Å²) in [5, 5.41) is 6.03. The number of hydrogen-bond donors (Lipinski definition) is 1. The molecular weight excluding hydrogens is 314 g/mol. The molecule has 2 heterocycles. The molecule has 0 atom stereocenters. The molecule has 1 fully saturated rings. The molecule has 0 radical (unpaired) electrons. The highest BCUT2D eigenvalue weighted by Crippen LogP contribution is 2.30. The molecule has 1 N–H and O–H groups in total. The van der Waals surface area contributed by atoms with E-state index in [0.29, 0.717) is 6.04 Å². The summed E-state index contributed by atoms with van der Waals surface area (Å²) in [6.45, 7) is 5.40. The molecule has 0 unspecified atom stereocenters. The number of nitrogens with one attached hydrogen (secondary N) is 1. The van der Waals surface area contributed by atoms with E-state index >= 15 is 0 Å². The van der Waals surface area contributed by atoms with Crippen LogP contribution in [0, 0.1) is 0 Å². The number of rotatable bonds is 3. The summed E-state index contributed by atoms with van der Waals surface area (Å²) in [5.74, 6) is 1.12. The summed E-state index contributed by atoms with van der Waals surface area (Å²) in [6, 6.07) is 9.08. The van der Waals surface area contributed by atoms with E-state index in [1.165, 1.54) is 23.6 Å². The lowest BCUT2D eigenvalue weighted by Gasteiger charge is -2.33. The average molecular weight is 334 g/mol. The lowest BCUT2D eigenvalue weighted by molar-refractivity contribution is 0.423. The maximum Gasteiger partial charge on any atom is 0.136 e. The minimum absolute atomic E-state index is 0.665. The van der Waals surface area contributed by atoms with Gasteiger partial charge in [-0.05, 0) is 31.5 Å². The number of piperidine rings is 1. The zero-order chi connectivity index (χ0) is 13.9. The van der Waals surface area contributed by atoms with Crippen molar-refractivity contribution in [2.24, 2.45) is 0 Å². The molecule has 1 saturated heterocycles. The Hall–Kier alpha value is -1.13. The standard InChI is InChI=1S/C16H20BrN3/c1-2-18-12-7-10-20(11-8-12)16-14-4-3-5-15(17)13(14)6-9-19-16/h3-6,9,12,18H,2,7-8,10-11H2,1H3.